The largest absolute Gasteiger partial charge is 0.489 e. The number of nitrogens with two attached hydrogens (primary N) is 1. The van der Waals surface area contributed by atoms with E-state index in [2.05, 4.69) is 4.98 Å². The van der Waals surface area contributed by atoms with Crippen LogP contribution in [-0.2, 0) is 0 Å². The van der Waals surface area contributed by atoms with Crippen molar-refractivity contribution in [1.29, 1.82) is 0 Å². The lowest BCUT2D eigenvalue weighted by atomic mass is 10.2. The summed E-state index contributed by atoms with van der Waals surface area (Å²) in [5.41, 5.74) is 6.28. The molecule has 0 saturated carbocycles. The lowest BCUT2D eigenvalue weighted by molar-refractivity contribution is 0.363. The van der Waals surface area contributed by atoms with Gasteiger partial charge in [-0.1, -0.05) is 18.2 Å². The van der Waals surface area contributed by atoms with Crippen LogP contribution >= 0.6 is 0 Å². The molecule has 0 unspecified atom stereocenters. The summed E-state index contributed by atoms with van der Waals surface area (Å²) in [5, 5.41) is 1.12. The minimum absolute atomic E-state index is 0.537. The van der Waals surface area contributed by atoms with Gasteiger partial charge in [0.15, 0.2) is 0 Å². The Balaban J connectivity index is 2.10. The van der Waals surface area contributed by atoms with Gasteiger partial charge in [0.05, 0.1) is 5.52 Å². The van der Waals surface area contributed by atoms with Crippen molar-refractivity contribution in [3.63, 3.8) is 0 Å². The average Bonchev–Trinajstić information content (AvgIpc) is 2.34. The lowest BCUT2D eigenvalue weighted by Crippen LogP contribution is -1.97. The summed E-state index contributed by atoms with van der Waals surface area (Å²) in [4.78, 5) is 4.27. The quantitative estimate of drug-likeness (QED) is 0.793. The van der Waals surface area contributed by atoms with E-state index in [4.69, 9.17) is 10.5 Å². The molecule has 0 bridgehead atoms. The minimum Gasteiger partial charge on any atom is -0.489 e. The van der Waals surface area contributed by atoms with Crippen molar-refractivity contribution in [2.75, 3.05) is 13.2 Å². The molecular weight excluding hydrogens is 200 g/mol. The number of rotatable bonds is 4. The molecule has 1 aromatic heterocycles. The molecular formula is C13H14N2O. The molecule has 1 aromatic carbocycles. The van der Waals surface area contributed by atoms with Crippen LogP contribution in [0.1, 0.15) is 0 Å². The molecule has 0 atom stereocenters. The molecule has 0 radical (unpaired) electrons. The zero-order valence-electron chi connectivity index (χ0n) is 8.97. The van der Waals surface area contributed by atoms with E-state index in [0.717, 1.165) is 16.7 Å². The summed E-state index contributed by atoms with van der Waals surface area (Å²) in [6.07, 6.45) is 5.56. The van der Waals surface area contributed by atoms with Crippen molar-refractivity contribution >= 4 is 10.9 Å². The van der Waals surface area contributed by atoms with Crippen LogP contribution in [-0.4, -0.2) is 18.1 Å². The average molecular weight is 214 g/mol. The van der Waals surface area contributed by atoms with Gasteiger partial charge in [0.1, 0.15) is 12.4 Å². The van der Waals surface area contributed by atoms with Gasteiger partial charge in [-0.3, -0.25) is 4.98 Å². The molecule has 0 amide bonds. The van der Waals surface area contributed by atoms with Gasteiger partial charge in [-0.05, 0) is 18.2 Å². The number of hydrogen-bond acceptors (Lipinski definition) is 3. The van der Waals surface area contributed by atoms with Crippen molar-refractivity contribution in [2.45, 2.75) is 0 Å². The Morgan fingerprint density at radius 2 is 2.19 bits per heavy atom. The molecule has 3 heteroatoms. The zero-order chi connectivity index (χ0) is 11.2. The number of fused-ring (bicyclic) bond motifs is 1. The number of aromatic nitrogens is 1. The Labute approximate surface area is 94.6 Å². The third-order valence-corrected chi connectivity index (χ3v) is 2.23. The number of hydrogen-bond donors (Lipinski definition) is 1. The number of nitrogens with zero attached hydrogens (tertiary/aromatic N) is 1. The molecule has 2 rings (SSSR count). The fraction of sp³-hybridized carbons (Fsp3) is 0.154. The smallest absolute Gasteiger partial charge is 0.121 e. The molecule has 0 aliphatic heterocycles. The van der Waals surface area contributed by atoms with Gasteiger partial charge < -0.3 is 10.5 Å². The molecule has 1 heterocycles. The van der Waals surface area contributed by atoms with Crippen molar-refractivity contribution in [2.24, 2.45) is 5.73 Å². The van der Waals surface area contributed by atoms with Crippen molar-refractivity contribution < 1.29 is 4.74 Å². The maximum absolute atomic E-state index is 5.53. The third kappa shape index (κ3) is 2.58. The van der Waals surface area contributed by atoms with Crippen LogP contribution in [0, 0.1) is 0 Å². The van der Waals surface area contributed by atoms with E-state index in [1.807, 2.05) is 42.5 Å². The molecule has 0 fully saturated rings. The van der Waals surface area contributed by atoms with Gasteiger partial charge in [-0.15, -0.1) is 0 Å². The summed E-state index contributed by atoms with van der Waals surface area (Å²) in [6, 6.07) is 9.84. The molecule has 16 heavy (non-hydrogen) atoms. The van der Waals surface area contributed by atoms with Gasteiger partial charge in [0.25, 0.3) is 0 Å². The van der Waals surface area contributed by atoms with Gasteiger partial charge in [-0.2, -0.15) is 0 Å². The van der Waals surface area contributed by atoms with Crippen LogP contribution in [0.25, 0.3) is 10.9 Å². The first kappa shape index (κ1) is 10.6. The van der Waals surface area contributed by atoms with Gasteiger partial charge >= 0.3 is 0 Å². The summed E-state index contributed by atoms with van der Waals surface area (Å²) >= 11 is 0. The zero-order valence-corrected chi connectivity index (χ0v) is 8.97. The Morgan fingerprint density at radius 3 is 3.06 bits per heavy atom. The highest BCUT2D eigenvalue weighted by Gasteiger charge is 1.96. The van der Waals surface area contributed by atoms with Crippen LogP contribution in [0.3, 0.4) is 0 Å². The summed E-state index contributed by atoms with van der Waals surface area (Å²) < 4.78 is 5.53. The fourth-order valence-electron chi connectivity index (χ4n) is 1.44. The van der Waals surface area contributed by atoms with Crippen LogP contribution in [0.5, 0.6) is 5.75 Å². The minimum atomic E-state index is 0.537. The van der Waals surface area contributed by atoms with Crippen LogP contribution < -0.4 is 10.5 Å². The van der Waals surface area contributed by atoms with Crippen LogP contribution in [0.4, 0.5) is 0 Å². The standard InChI is InChI=1S/C13H14N2O/c14-7-1-2-9-16-12-6-5-11-4-3-8-15-13(11)10-12/h1-6,8,10H,7,9,14H2/b2-1+. The Hall–Kier alpha value is -1.87. The fourth-order valence-corrected chi connectivity index (χ4v) is 1.44. The molecule has 82 valence electrons. The Bertz CT molecular complexity index is 494. The molecule has 0 saturated heterocycles. The molecule has 0 aliphatic carbocycles. The Kier molecular flexibility index (Phi) is 3.51. The highest BCUT2D eigenvalue weighted by Crippen LogP contribution is 2.18. The van der Waals surface area contributed by atoms with Gasteiger partial charge in [0, 0.05) is 24.2 Å². The topological polar surface area (TPSA) is 48.1 Å². The van der Waals surface area contributed by atoms with E-state index < -0.39 is 0 Å². The van der Waals surface area contributed by atoms with Gasteiger partial charge in [-0.25, -0.2) is 0 Å². The monoisotopic (exact) mass is 214 g/mol. The lowest BCUT2D eigenvalue weighted by Gasteiger charge is -2.04. The third-order valence-electron chi connectivity index (χ3n) is 2.23. The second kappa shape index (κ2) is 5.28. The van der Waals surface area contributed by atoms with E-state index in [-0.39, 0.29) is 0 Å². The number of benzene rings is 1. The van der Waals surface area contributed by atoms with Crippen molar-refractivity contribution in [3.8, 4) is 5.75 Å². The molecule has 2 N–H and O–H groups in total. The highest BCUT2D eigenvalue weighted by atomic mass is 16.5. The van der Waals surface area contributed by atoms with E-state index in [9.17, 15) is 0 Å². The second-order valence-corrected chi connectivity index (χ2v) is 3.38. The van der Waals surface area contributed by atoms with E-state index in [1.165, 1.54) is 0 Å². The number of ether oxygens (including phenoxy) is 1. The van der Waals surface area contributed by atoms with Crippen molar-refractivity contribution in [3.05, 3.63) is 48.7 Å². The van der Waals surface area contributed by atoms with E-state index in [0.29, 0.717) is 13.2 Å². The first-order valence-corrected chi connectivity index (χ1v) is 5.23. The molecule has 0 aliphatic rings. The number of pyridine rings is 1. The van der Waals surface area contributed by atoms with E-state index in [1.54, 1.807) is 6.20 Å². The summed E-state index contributed by atoms with van der Waals surface area (Å²) in [5.74, 6) is 0.827. The normalized spacial score (nSPS) is 11.1. The predicted molar refractivity (Wildman–Crippen MR) is 65.4 cm³/mol. The highest BCUT2D eigenvalue weighted by molar-refractivity contribution is 5.79. The van der Waals surface area contributed by atoms with Crippen LogP contribution in [0.2, 0.25) is 0 Å². The maximum atomic E-state index is 5.53. The summed E-state index contributed by atoms with van der Waals surface area (Å²) in [6.45, 7) is 1.08. The SMILES string of the molecule is NC/C=C/COc1ccc2cccnc2c1. The van der Waals surface area contributed by atoms with Crippen LogP contribution in [0.15, 0.2) is 48.7 Å². The molecule has 0 spiro atoms. The predicted octanol–water partition coefficient (Wildman–Crippen LogP) is 2.13. The second-order valence-electron chi connectivity index (χ2n) is 3.38. The van der Waals surface area contributed by atoms with Crippen molar-refractivity contribution in [1.82, 2.24) is 4.98 Å². The Morgan fingerprint density at radius 1 is 1.25 bits per heavy atom. The molecule has 3 nitrogen and oxygen atoms in total. The summed E-state index contributed by atoms with van der Waals surface area (Å²) in [7, 11) is 0. The maximum Gasteiger partial charge on any atom is 0.121 e. The molecule has 2 aromatic rings. The van der Waals surface area contributed by atoms with Gasteiger partial charge in [0.2, 0.25) is 0 Å². The first-order chi connectivity index (χ1) is 7.90. The first-order valence-electron chi connectivity index (χ1n) is 5.23. The van der Waals surface area contributed by atoms with E-state index >= 15 is 0 Å².